The van der Waals surface area contributed by atoms with Crippen LogP contribution in [-0.2, 0) is 25.0 Å². The summed E-state index contributed by atoms with van der Waals surface area (Å²) < 4.78 is 21.3. The van der Waals surface area contributed by atoms with Gasteiger partial charge >= 0.3 is 8.60 Å². The molecule has 0 aromatic heterocycles. The topological polar surface area (TPSA) is 86.2 Å². The maximum Gasteiger partial charge on any atom is 0.329 e. The molecule has 8 heteroatoms. The van der Waals surface area contributed by atoms with Crippen molar-refractivity contribution >= 4 is 15.1 Å². The van der Waals surface area contributed by atoms with Gasteiger partial charge in [0, 0.05) is 0 Å². The minimum Gasteiger partial charge on any atom is -0.490 e. The van der Waals surface area contributed by atoms with Gasteiger partial charge in [0.15, 0.2) is 6.10 Å². The van der Waals surface area contributed by atoms with Crippen molar-refractivity contribution in [2.24, 2.45) is 0 Å². The van der Waals surface area contributed by atoms with Crippen LogP contribution in [0.3, 0.4) is 0 Å². The molecule has 0 aliphatic rings. The van der Waals surface area contributed by atoms with Gasteiger partial charge in [-0.15, -0.1) is 0 Å². The third-order valence-electron chi connectivity index (χ3n) is 6.25. The molecule has 0 heterocycles. The van der Waals surface area contributed by atoms with Crippen LogP contribution >= 0.6 is 8.60 Å². The highest BCUT2D eigenvalue weighted by Crippen LogP contribution is 2.33. The van der Waals surface area contributed by atoms with E-state index >= 15 is 0 Å². The third-order valence-corrected chi connectivity index (χ3v) is 7.02. The van der Waals surface area contributed by atoms with Crippen molar-refractivity contribution in [3.05, 3.63) is 29.8 Å². The Kier molecular flexibility index (Phi) is 22.9. The van der Waals surface area contributed by atoms with Crippen molar-refractivity contribution in [2.45, 2.75) is 110 Å². The van der Waals surface area contributed by atoms with Gasteiger partial charge in [0.2, 0.25) is 0 Å². The van der Waals surface area contributed by atoms with Gasteiger partial charge in [0.05, 0.1) is 13.2 Å². The lowest BCUT2D eigenvalue weighted by Crippen LogP contribution is -2.26. The zero-order valence-corrected chi connectivity index (χ0v) is 24.2. The van der Waals surface area contributed by atoms with E-state index in [0.29, 0.717) is 18.8 Å². The molecule has 214 valence electrons. The Bertz CT molecular complexity index is 633. The molecule has 1 aromatic carbocycles. The quantitative estimate of drug-likeness (QED) is 0.0698. The standard InChI is InChI=1S/C29H52NO6P/c1-3-5-6-7-8-9-10-11-12-13-14-15-17-27-18-20-28(21-19-27)33-24-29(34-26-31)25-36-37(32)35-23-16-22-30-4-2/h18-21,26,29-30,32H,3-17,22-25H2,1-2H3. The Morgan fingerprint density at radius 3 is 2.05 bits per heavy atom. The molecule has 2 unspecified atom stereocenters. The monoisotopic (exact) mass is 541 g/mol. The molecule has 1 aromatic rings. The van der Waals surface area contributed by atoms with E-state index in [0.717, 1.165) is 25.9 Å². The number of ether oxygens (including phenoxy) is 2. The van der Waals surface area contributed by atoms with Crippen molar-refractivity contribution in [3.63, 3.8) is 0 Å². The fourth-order valence-electron chi connectivity index (χ4n) is 4.02. The number of carbonyl (C=O) groups excluding carboxylic acids is 1. The van der Waals surface area contributed by atoms with Crippen LogP contribution < -0.4 is 10.1 Å². The number of aryl methyl sites for hydroxylation is 1. The van der Waals surface area contributed by atoms with Gasteiger partial charge in [-0.3, -0.25) is 4.79 Å². The molecule has 0 aliphatic heterocycles. The summed E-state index contributed by atoms with van der Waals surface area (Å²) in [6.07, 6.45) is 17.5. The largest absolute Gasteiger partial charge is 0.490 e. The molecule has 2 N–H and O–H groups in total. The first-order valence-corrected chi connectivity index (χ1v) is 15.6. The predicted molar refractivity (Wildman–Crippen MR) is 152 cm³/mol. The number of carbonyl (C=O) groups is 1. The maximum atomic E-state index is 10.8. The normalized spacial score (nSPS) is 12.8. The number of unbranched alkanes of at least 4 members (excludes halogenated alkanes) is 11. The molecule has 1 rings (SSSR count). The molecule has 2 atom stereocenters. The number of benzene rings is 1. The van der Waals surface area contributed by atoms with E-state index in [4.69, 9.17) is 18.5 Å². The molecule has 0 amide bonds. The summed E-state index contributed by atoms with van der Waals surface area (Å²) in [5.74, 6) is 0.712. The van der Waals surface area contributed by atoms with Crippen molar-refractivity contribution in [2.75, 3.05) is 32.9 Å². The first-order valence-electron chi connectivity index (χ1n) is 14.5. The van der Waals surface area contributed by atoms with Crippen molar-refractivity contribution in [3.8, 4) is 5.75 Å². The van der Waals surface area contributed by atoms with Gasteiger partial charge in [-0.2, -0.15) is 0 Å². The second-order valence-corrected chi connectivity index (χ2v) is 10.5. The van der Waals surface area contributed by atoms with E-state index in [1.54, 1.807) is 0 Å². The summed E-state index contributed by atoms with van der Waals surface area (Å²) in [5, 5.41) is 3.18. The molecule has 0 aliphatic carbocycles. The lowest BCUT2D eigenvalue weighted by molar-refractivity contribution is -0.136. The fourth-order valence-corrected chi connectivity index (χ4v) is 4.67. The highest BCUT2D eigenvalue weighted by molar-refractivity contribution is 7.40. The van der Waals surface area contributed by atoms with Crippen LogP contribution in [0, 0.1) is 0 Å². The van der Waals surface area contributed by atoms with Crippen LogP contribution in [0.2, 0.25) is 0 Å². The summed E-state index contributed by atoms with van der Waals surface area (Å²) in [7, 11) is -2.01. The van der Waals surface area contributed by atoms with Gasteiger partial charge in [-0.1, -0.05) is 96.6 Å². The Morgan fingerprint density at radius 1 is 0.838 bits per heavy atom. The lowest BCUT2D eigenvalue weighted by Gasteiger charge is -2.18. The van der Waals surface area contributed by atoms with Crippen LogP contribution in [0.25, 0.3) is 0 Å². The number of hydrogen-bond acceptors (Lipinski definition) is 7. The van der Waals surface area contributed by atoms with Crippen molar-refractivity contribution in [1.29, 1.82) is 0 Å². The summed E-state index contributed by atoms with van der Waals surface area (Å²) in [4.78, 5) is 20.7. The van der Waals surface area contributed by atoms with Gasteiger partial charge in [-0.05, 0) is 50.0 Å². The van der Waals surface area contributed by atoms with Gasteiger partial charge in [0.1, 0.15) is 12.4 Å². The van der Waals surface area contributed by atoms with Crippen LogP contribution in [0.4, 0.5) is 0 Å². The fraction of sp³-hybridized carbons (Fsp3) is 0.759. The average molecular weight is 542 g/mol. The Hall–Kier alpha value is -1.24. The highest BCUT2D eigenvalue weighted by Gasteiger charge is 2.15. The molecule has 37 heavy (non-hydrogen) atoms. The first kappa shape index (κ1) is 33.8. The number of hydrogen-bond donors (Lipinski definition) is 2. The van der Waals surface area contributed by atoms with Gasteiger partial charge < -0.3 is 28.7 Å². The summed E-state index contributed by atoms with van der Waals surface area (Å²) in [5.41, 5.74) is 1.31. The number of rotatable bonds is 27. The smallest absolute Gasteiger partial charge is 0.329 e. The van der Waals surface area contributed by atoms with Crippen LogP contribution in [0.5, 0.6) is 5.75 Å². The summed E-state index contributed by atoms with van der Waals surface area (Å²) in [6, 6.07) is 8.07. The third kappa shape index (κ3) is 20.4. The van der Waals surface area contributed by atoms with E-state index in [2.05, 4.69) is 24.4 Å². The number of nitrogens with one attached hydrogen (secondary N) is 1. The summed E-state index contributed by atoms with van der Waals surface area (Å²) >= 11 is 0. The molecule has 7 nitrogen and oxygen atoms in total. The zero-order valence-electron chi connectivity index (χ0n) is 23.3. The average Bonchev–Trinajstić information content (AvgIpc) is 2.91. The Balaban J connectivity index is 2.12. The zero-order chi connectivity index (χ0) is 26.8. The second kappa shape index (κ2) is 25.1. The molecule has 0 saturated heterocycles. The first-order chi connectivity index (χ1) is 18.2. The van der Waals surface area contributed by atoms with Gasteiger partial charge in [-0.25, -0.2) is 0 Å². The van der Waals surface area contributed by atoms with Crippen molar-refractivity contribution in [1.82, 2.24) is 5.32 Å². The molecular formula is C29H52NO6P. The van der Waals surface area contributed by atoms with Crippen LogP contribution in [0.1, 0.15) is 103 Å². The molecule has 0 bridgehead atoms. The van der Waals surface area contributed by atoms with Crippen molar-refractivity contribution < 1.29 is 28.2 Å². The van der Waals surface area contributed by atoms with E-state index in [9.17, 15) is 9.69 Å². The lowest BCUT2D eigenvalue weighted by atomic mass is 10.0. The highest BCUT2D eigenvalue weighted by atomic mass is 31.2. The van der Waals surface area contributed by atoms with Crippen LogP contribution in [-0.4, -0.2) is 50.4 Å². The molecule has 0 radical (unpaired) electrons. The molecule has 0 spiro atoms. The second-order valence-electron chi connectivity index (χ2n) is 9.52. The Morgan fingerprint density at radius 2 is 1.46 bits per heavy atom. The van der Waals surface area contributed by atoms with E-state index in [1.807, 2.05) is 19.1 Å². The molecule has 0 saturated carbocycles. The predicted octanol–water partition coefficient (Wildman–Crippen LogP) is 7.10. The van der Waals surface area contributed by atoms with E-state index < -0.39 is 14.7 Å². The van der Waals surface area contributed by atoms with E-state index in [-0.39, 0.29) is 13.2 Å². The van der Waals surface area contributed by atoms with Gasteiger partial charge in [0.25, 0.3) is 6.47 Å². The minimum atomic E-state index is -2.01. The molecule has 0 fully saturated rings. The summed E-state index contributed by atoms with van der Waals surface area (Å²) in [6.45, 7) is 6.94. The molecular weight excluding hydrogens is 489 g/mol. The SMILES string of the molecule is CCCCCCCCCCCCCCc1ccc(OCC(COP(O)OCCCNCC)OC=O)cc1. The van der Waals surface area contributed by atoms with Crippen LogP contribution in [0.15, 0.2) is 24.3 Å². The Labute approximate surface area is 227 Å². The maximum absolute atomic E-state index is 10.8. The van der Waals surface area contributed by atoms with E-state index in [1.165, 1.54) is 82.6 Å². The minimum absolute atomic E-state index is 0.00515.